The van der Waals surface area contributed by atoms with Gasteiger partial charge in [0.05, 0.1) is 12.1 Å². The van der Waals surface area contributed by atoms with Crippen LogP contribution in [0.25, 0.3) is 0 Å². The van der Waals surface area contributed by atoms with Gasteiger partial charge < -0.3 is 4.74 Å². The van der Waals surface area contributed by atoms with Crippen LogP contribution >= 0.6 is 11.6 Å². The van der Waals surface area contributed by atoms with Crippen LogP contribution in [0, 0.1) is 5.92 Å². The van der Waals surface area contributed by atoms with Crippen molar-refractivity contribution in [3.63, 3.8) is 0 Å². The van der Waals surface area contributed by atoms with Crippen LogP contribution in [0.3, 0.4) is 0 Å². The molecule has 0 saturated heterocycles. The lowest BCUT2D eigenvalue weighted by molar-refractivity contribution is 0.393. The number of hydrazine groups is 1. The first kappa shape index (κ1) is 13.7. The summed E-state index contributed by atoms with van der Waals surface area (Å²) < 4.78 is 5.25. The van der Waals surface area contributed by atoms with E-state index in [9.17, 15) is 0 Å². The Morgan fingerprint density at radius 2 is 2.17 bits per heavy atom. The molecule has 0 bridgehead atoms. The van der Waals surface area contributed by atoms with E-state index in [1.807, 2.05) is 18.2 Å². The summed E-state index contributed by atoms with van der Waals surface area (Å²) >= 11 is 6.04. The number of hydrogen-bond acceptors (Lipinski definition) is 3. The van der Waals surface area contributed by atoms with Crippen molar-refractivity contribution in [3.05, 3.63) is 28.8 Å². The second kappa shape index (κ2) is 6.41. The molecule has 0 heterocycles. The molecule has 1 atom stereocenters. The highest BCUT2D eigenvalue weighted by atomic mass is 35.5. The molecule has 3 N–H and O–H groups in total. The van der Waals surface area contributed by atoms with E-state index in [-0.39, 0.29) is 6.04 Å². The van der Waals surface area contributed by atoms with Crippen molar-refractivity contribution in [2.45, 2.75) is 38.1 Å². The molecule has 1 fully saturated rings. The number of nitrogens with two attached hydrogens (primary N) is 1. The van der Waals surface area contributed by atoms with Gasteiger partial charge in [-0.1, -0.05) is 43.4 Å². The van der Waals surface area contributed by atoms with E-state index in [1.165, 1.54) is 25.7 Å². The molecule has 0 aliphatic heterocycles. The van der Waals surface area contributed by atoms with Gasteiger partial charge in [-0.3, -0.25) is 11.3 Å². The molecule has 100 valence electrons. The maximum Gasteiger partial charge on any atom is 0.137 e. The van der Waals surface area contributed by atoms with Crippen LogP contribution in [-0.4, -0.2) is 7.11 Å². The molecule has 1 unspecified atom stereocenters. The predicted octanol–water partition coefficient (Wildman–Crippen LogP) is 3.43. The van der Waals surface area contributed by atoms with Gasteiger partial charge in [-0.05, 0) is 30.0 Å². The lowest BCUT2D eigenvalue weighted by Crippen LogP contribution is -2.29. The largest absolute Gasteiger partial charge is 0.495 e. The molecule has 4 heteroatoms. The first-order valence-electron chi connectivity index (χ1n) is 6.54. The molecule has 2 rings (SSSR count). The summed E-state index contributed by atoms with van der Waals surface area (Å²) in [7, 11) is 1.63. The normalized spacial score (nSPS) is 17.9. The zero-order valence-corrected chi connectivity index (χ0v) is 11.5. The Morgan fingerprint density at radius 1 is 1.44 bits per heavy atom. The smallest absolute Gasteiger partial charge is 0.137 e. The highest BCUT2D eigenvalue weighted by molar-refractivity contribution is 6.32. The number of nitrogens with one attached hydrogen (secondary N) is 1. The van der Waals surface area contributed by atoms with Gasteiger partial charge in [-0.2, -0.15) is 0 Å². The van der Waals surface area contributed by atoms with Crippen LogP contribution in [0.5, 0.6) is 5.75 Å². The van der Waals surface area contributed by atoms with E-state index in [0.717, 1.165) is 17.9 Å². The molecule has 0 spiro atoms. The lowest BCUT2D eigenvalue weighted by Gasteiger charge is -2.21. The molecule has 3 nitrogen and oxygen atoms in total. The average Bonchev–Trinajstić information content (AvgIpc) is 2.89. The summed E-state index contributed by atoms with van der Waals surface area (Å²) in [5, 5.41) is 0.637. The molecule has 1 aromatic rings. The fourth-order valence-corrected chi connectivity index (χ4v) is 2.97. The summed E-state index contributed by atoms with van der Waals surface area (Å²) in [5.74, 6) is 7.18. The van der Waals surface area contributed by atoms with Gasteiger partial charge in [-0.25, -0.2) is 0 Å². The Hall–Kier alpha value is -0.770. The standard InChI is InChI=1S/C14H21ClN2O/c1-18-14-9-11(6-7-12(14)15)13(17-16)8-10-4-2-3-5-10/h6-7,9-10,13,17H,2-5,8,16H2,1H3. The molecular formula is C14H21ClN2O. The minimum Gasteiger partial charge on any atom is -0.495 e. The zero-order valence-electron chi connectivity index (χ0n) is 10.8. The van der Waals surface area contributed by atoms with Crippen LogP contribution in [-0.2, 0) is 0 Å². The van der Waals surface area contributed by atoms with Crippen molar-refractivity contribution in [1.29, 1.82) is 0 Å². The van der Waals surface area contributed by atoms with Crippen molar-refractivity contribution in [2.24, 2.45) is 11.8 Å². The second-order valence-electron chi connectivity index (χ2n) is 5.00. The van der Waals surface area contributed by atoms with Crippen molar-refractivity contribution < 1.29 is 4.74 Å². The van der Waals surface area contributed by atoms with E-state index in [1.54, 1.807) is 7.11 Å². The maximum atomic E-state index is 6.04. The third kappa shape index (κ3) is 3.16. The quantitative estimate of drug-likeness (QED) is 0.635. The minimum absolute atomic E-state index is 0.180. The van der Waals surface area contributed by atoms with Crippen molar-refractivity contribution in [1.82, 2.24) is 5.43 Å². The van der Waals surface area contributed by atoms with E-state index >= 15 is 0 Å². The average molecular weight is 269 g/mol. The highest BCUT2D eigenvalue weighted by Crippen LogP contribution is 2.34. The SMILES string of the molecule is COc1cc(C(CC2CCCC2)NN)ccc1Cl. The maximum absolute atomic E-state index is 6.04. The second-order valence-corrected chi connectivity index (χ2v) is 5.41. The predicted molar refractivity (Wildman–Crippen MR) is 74.6 cm³/mol. The van der Waals surface area contributed by atoms with E-state index in [0.29, 0.717) is 10.8 Å². The lowest BCUT2D eigenvalue weighted by atomic mass is 9.94. The van der Waals surface area contributed by atoms with Gasteiger partial charge in [0, 0.05) is 6.04 Å². The summed E-state index contributed by atoms with van der Waals surface area (Å²) in [4.78, 5) is 0. The molecule has 0 radical (unpaired) electrons. The first-order valence-corrected chi connectivity index (χ1v) is 6.92. The number of methoxy groups -OCH3 is 1. The van der Waals surface area contributed by atoms with E-state index in [4.69, 9.17) is 22.2 Å². The number of rotatable bonds is 5. The Balaban J connectivity index is 2.10. The molecule has 0 aromatic heterocycles. The van der Waals surface area contributed by atoms with E-state index in [2.05, 4.69) is 5.43 Å². The fourth-order valence-electron chi connectivity index (χ4n) is 2.77. The van der Waals surface area contributed by atoms with Crippen LogP contribution in [0.2, 0.25) is 5.02 Å². The monoisotopic (exact) mass is 268 g/mol. The van der Waals surface area contributed by atoms with Gasteiger partial charge in [0.1, 0.15) is 5.75 Å². The van der Waals surface area contributed by atoms with Crippen molar-refractivity contribution in [3.8, 4) is 5.75 Å². The van der Waals surface area contributed by atoms with Crippen molar-refractivity contribution >= 4 is 11.6 Å². The molecule has 1 aliphatic carbocycles. The summed E-state index contributed by atoms with van der Waals surface area (Å²) in [6.45, 7) is 0. The Kier molecular flexibility index (Phi) is 4.87. The fraction of sp³-hybridized carbons (Fsp3) is 0.571. The van der Waals surface area contributed by atoms with Gasteiger partial charge in [0.2, 0.25) is 0 Å². The van der Waals surface area contributed by atoms with E-state index < -0.39 is 0 Å². The first-order chi connectivity index (χ1) is 8.74. The number of ether oxygens (including phenoxy) is 1. The molecule has 18 heavy (non-hydrogen) atoms. The summed E-state index contributed by atoms with van der Waals surface area (Å²) in [5.41, 5.74) is 4.06. The Morgan fingerprint density at radius 3 is 2.78 bits per heavy atom. The summed E-state index contributed by atoms with van der Waals surface area (Å²) in [6, 6.07) is 6.04. The van der Waals surface area contributed by atoms with Crippen LogP contribution in [0.1, 0.15) is 43.7 Å². The van der Waals surface area contributed by atoms with Gasteiger partial charge in [0.25, 0.3) is 0 Å². The molecule has 1 aromatic carbocycles. The van der Waals surface area contributed by atoms with Crippen LogP contribution in [0.15, 0.2) is 18.2 Å². The van der Waals surface area contributed by atoms with Gasteiger partial charge >= 0.3 is 0 Å². The Labute approximate surface area is 114 Å². The number of hydrogen-bond donors (Lipinski definition) is 2. The molecule has 0 amide bonds. The number of halogens is 1. The molecule has 1 aliphatic rings. The third-order valence-electron chi connectivity index (χ3n) is 3.82. The molecule has 1 saturated carbocycles. The minimum atomic E-state index is 0.180. The molecular weight excluding hydrogens is 248 g/mol. The topological polar surface area (TPSA) is 47.3 Å². The van der Waals surface area contributed by atoms with Gasteiger partial charge in [-0.15, -0.1) is 0 Å². The zero-order chi connectivity index (χ0) is 13.0. The van der Waals surface area contributed by atoms with Gasteiger partial charge in [0.15, 0.2) is 0 Å². The third-order valence-corrected chi connectivity index (χ3v) is 4.13. The van der Waals surface area contributed by atoms with Crippen LogP contribution in [0.4, 0.5) is 0 Å². The number of benzene rings is 1. The summed E-state index contributed by atoms with van der Waals surface area (Å²) in [6.07, 6.45) is 6.44. The highest BCUT2D eigenvalue weighted by Gasteiger charge is 2.21. The van der Waals surface area contributed by atoms with Crippen molar-refractivity contribution in [2.75, 3.05) is 7.11 Å². The van der Waals surface area contributed by atoms with Crippen LogP contribution < -0.4 is 16.0 Å². The Bertz CT molecular complexity index is 391.